The summed E-state index contributed by atoms with van der Waals surface area (Å²) in [4.78, 5) is 7.75. The van der Waals surface area contributed by atoms with Crippen LogP contribution in [0.25, 0.3) is 0 Å². The first-order valence-corrected chi connectivity index (χ1v) is 4.93. The number of halogens is 1. The number of rotatable bonds is 1. The molecule has 1 heterocycles. The summed E-state index contributed by atoms with van der Waals surface area (Å²) < 4.78 is 0. The summed E-state index contributed by atoms with van der Waals surface area (Å²) in [6.45, 7) is 3.89. The lowest BCUT2D eigenvalue weighted by molar-refractivity contribution is 1.15. The fourth-order valence-electron chi connectivity index (χ4n) is 0.930. The van der Waals surface area contributed by atoms with E-state index >= 15 is 0 Å². The maximum Gasteiger partial charge on any atom is 0.223 e. The number of hydrogen-bond acceptors (Lipinski definition) is 2. The summed E-state index contributed by atoms with van der Waals surface area (Å²) in [6, 6.07) is 1.72. The SMILES string of the molecule is C/C=C\C(C#Cc1ccnc(Cl)n1)=C/C. The highest BCUT2D eigenvalue weighted by molar-refractivity contribution is 6.28. The average molecular weight is 219 g/mol. The van der Waals surface area contributed by atoms with Crippen molar-refractivity contribution in [2.45, 2.75) is 13.8 Å². The second-order valence-corrected chi connectivity index (χ2v) is 3.04. The Morgan fingerprint density at radius 3 is 2.87 bits per heavy atom. The van der Waals surface area contributed by atoms with Crippen molar-refractivity contribution in [2.24, 2.45) is 0 Å². The van der Waals surface area contributed by atoms with Crippen molar-refractivity contribution in [3.63, 3.8) is 0 Å². The van der Waals surface area contributed by atoms with Gasteiger partial charge in [-0.15, -0.1) is 0 Å². The van der Waals surface area contributed by atoms with E-state index in [9.17, 15) is 0 Å². The van der Waals surface area contributed by atoms with Gasteiger partial charge in [0, 0.05) is 11.8 Å². The maximum atomic E-state index is 5.64. The summed E-state index contributed by atoms with van der Waals surface area (Å²) in [5.41, 5.74) is 1.58. The Morgan fingerprint density at radius 2 is 2.27 bits per heavy atom. The van der Waals surface area contributed by atoms with E-state index in [-0.39, 0.29) is 5.28 Å². The van der Waals surface area contributed by atoms with Crippen molar-refractivity contribution in [3.8, 4) is 11.8 Å². The number of aromatic nitrogens is 2. The predicted octanol–water partition coefficient (Wildman–Crippen LogP) is 3.00. The van der Waals surface area contributed by atoms with Gasteiger partial charge in [0.25, 0.3) is 0 Å². The summed E-state index contributed by atoms with van der Waals surface area (Å²) in [7, 11) is 0. The highest BCUT2D eigenvalue weighted by atomic mass is 35.5. The molecule has 2 nitrogen and oxygen atoms in total. The third-order valence-corrected chi connectivity index (χ3v) is 1.80. The van der Waals surface area contributed by atoms with Crippen LogP contribution in [-0.4, -0.2) is 9.97 Å². The second-order valence-electron chi connectivity index (χ2n) is 2.70. The van der Waals surface area contributed by atoms with Gasteiger partial charge in [-0.2, -0.15) is 0 Å². The van der Waals surface area contributed by atoms with Crippen molar-refractivity contribution in [1.29, 1.82) is 0 Å². The van der Waals surface area contributed by atoms with Crippen LogP contribution in [0.2, 0.25) is 5.28 Å². The Bertz CT molecular complexity index is 450. The Balaban J connectivity index is 2.90. The van der Waals surface area contributed by atoms with E-state index in [0.717, 1.165) is 5.57 Å². The first kappa shape index (κ1) is 11.5. The second kappa shape index (κ2) is 6.00. The Kier molecular flexibility index (Phi) is 4.59. The molecule has 15 heavy (non-hydrogen) atoms. The van der Waals surface area contributed by atoms with Gasteiger partial charge in [-0.1, -0.05) is 24.1 Å². The molecule has 0 fully saturated rings. The first-order valence-electron chi connectivity index (χ1n) is 4.56. The van der Waals surface area contributed by atoms with Crippen LogP contribution in [-0.2, 0) is 0 Å². The number of hydrogen-bond donors (Lipinski definition) is 0. The van der Waals surface area contributed by atoms with Crippen molar-refractivity contribution in [1.82, 2.24) is 9.97 Å². The zero-order valence-electron chi connectivity index (χ0n) is 8.66. The van der Waals surface area contributed by atoms with E-state index in [4.69, 9.17) is 11.6 Å². The van der Waals surface area contributed by atoms with Crippen LogP contribution in [0, 0.1) is 11.8 Å². The number of nitrogens with zero attached hydrogens (tertiary/aromatic N) is 2. The molecular weight excluding hydrogens is 208 g/mol. The molecule has 76 valence electrons. The van der Waals surface area contributed by atoms with Gasteiger partial charge in [0.05, 0.1) is 0 Å². The molecule has 1 aromatic rings. The van der Waals surface area contributed by atoms with E-state index in [2.05, 4.69) is 21.8 Å². The molecular formula is C12H11ClN2. The van der Waals surface area contributed by atoms with Crippen LogP contribution >= 0.6 is 11.6 Å². The molecule has 0 aromatic carbocycles. The van der Waals surface area contributed by atoms with E-state index in [1.165, 1.54) is 0 Å². The molecule has 0 atom stereocenters. The summed E-state index contributed by atoms with van der Waals surface area (Å²) in [5, 5.41) is 0.217. The smallest absolute Gasteiger partial charge is 0.223 e. The normalized spacial score (nSPS) is 11.3. The van der Waals surface area contributed by atoms with Crippen LogP contribution in [0.3, 0.4) is 0 Å². The average Bonchev–Trinajstić information content (AvgIpc) is 2.24. The zero-order valence-corrected chi connectivity index (χ0v) is 9.42. The molecule has 0 spiro atoms. The molecule has 0 aliphatic carbocycles. The fraction of sp³-hybridized carbons (Fsp3) is 0.167. The summed E-state index contributed by atoms with van der Waals surface area (Å²) in [5.74, 6) is 5.91. The minimum Gasteiger partial charge on any atom is -0.226 e. The summed E-state index contributed by atoms with van der Waals surface area (Å²) in [6.07, 6.45) is 7.41. The Labute approximate surface area is 94.7 Å². The molecule has 0 bridgehead atoms. The highest BCUT2D eigenvalue weighted by Crippen LogP contribution is 2.00. The lowest BCUT2D eigenvalue weighted by Crippen LogP contribution is -1.85. The predicted molar refractivity (Wildman–Crippen MR) is 62.5 cm³/mol. The number of allylic oxidation sites excluding steroid dienone is 4. The van der Waals surface area contributed by atoms with Crippen molar-refractivity contribution in [2.75, 3.05) is 0 Å². The lowest BCUT2D eigenvalue weighted by Gasteiger charge is -1.89. The minimum absolute atomic E-state index is 0.217. The van der Waals surface area contributed by atoms with Crippen LogP contribution < -0.4 is 0 Å². The molecule has 0 saturated heterocycles. The van der Waals surface area contributed by atoms with Crippen molar-refractivity contribution in [3.05, 3.63) is 47.0 Å². The monoisotopic (exact) mass is 218 g/mol. The largest absolute Gasteiger partial charge is 0.226 e. The van der Waals surface area contributed by atoms with Gasteiger partial charge < -0.3 is 0 Å². The molecule has 0 radical (unpaired) electrons. The molecule has 3 heteroatoms. The first-order chi connectivity index (χ1) is 7.26. The quantitative estimate of drug-likeness (QED) is 0.412. The van der Waals surface area contributed by atoms with E-state index < -0.39 is 0 Å². The Hall–Kier alpha value is -1.59. The molecule has 1 rings (SSSR count). The fourth-order valence-corrected chi connectivity index (χ4v) is 1.08. The Morgan fingerprint density at radius 1 is 1.47 bits per heavy atom. The minimum atomic E-state index is 0.217. The molecule has 1 aromatic heterocycles. The van der Waals surface area contributed by atoms with E-state index in [0.29, 0.717) is 5.69 Å². The van der Waals surface area contributed by atoms with E-state index in [1.54, 1.807) is 12.3 Å². The van der Waals surface area contributed by atoms with Crippen LogP contribution in [0.4, 0.5) is 0 Å². The van der Waals surface area contributed by atoms with Gasteiger partial charge in [-0.05, 0) is 37.4 Å². The molecule has 0 unspecified atom stereocenters. The van der Waals surface area contributed by atoms with Crippen LogP contribution in [0.15, 0.2) is 36.1 Å². The van der Waals surface area contributed by atoms with Crippen molar-refractivity contribution >= 4 is 11.6 Å². The van der Waals surface area contributed by atoms with Crippen LogP contribution in [0.5, 0.6) is 0 Å². The van der Waals surface area contributed by atoms with Gasteiger partial charge in [-0.3, -0.25) is 0 Å². The van der Waals surface area contributed by atoms with Crippen LogP contribution in [0.1, 0.15) is 19.5 Å². The molecule has 0 aliphatic rings. The van der Waals surface area contributed by atoms with E-state index in [1.807, 2.05) is 32.1 Å². The molecule has 0 aliphatic heterocycles. The molecule has 0 saturated carbocycles. The van der Waals surface area contributed by atoms with Gasteiger partial charge in [0.2, 0.25) is 5.28 Å². The molecule has 0 N–H and O–H groups in total. The standard InChI is InChI=1S/C12H11ClN2/c1-3-5-10(4-2)6-7-11-8-9-14-12(13)15-11/h3-5,8-9H,1-2H3/b5-3-,10-4+. The molecule has 0 amide bonds. The van der Waals surface area contributed by atoms with Gasteiger partial charge in [0.1, 0.15) is 5.69 Å². The van der Waals surface area contributed by atoms with Crippen molar-refractivity contribution < 1.29 is 0 Å². The topological polar surface area (TPSA) is 25.8 Å². The third-order valence-electron chi connectivity index (χ3n) is 1.62. The zero-order chi connectivity index (χ0) is 11.1. The van der Waals surface area contributed by atoms with Gasteiger partial charge in [0.15, 0.2) is 0 Å². The van der Waals surface area contributed by atoms with Gasteiger partial charge >= 0.3 is 0 Å². The highest BCUT2D eigenvalue weighted by Gasteiger charge is 1.91. The maximum absolute atomic E-state index is 5.64. The lowest BCUT2D eigenvalue weighted by atomic mass is 10.2. The van der Waals surface area contributed by atoms with Gasteiger partial charge in [-0.25, -0.2) is 9.97 Å². The third kappa shape index (κ3) is 3.97. The summed E-state index contributed by atoms with van der Waals surface area (Å²) >= 11 is 5.64.